The summed E-state index contributed by atoms with van der Waals surface area (Å²) in [6, 6.07) is 6.77. The van der Waals surface area contributed by atoms with Gasteiger partial charge in [-0.25, -0.2) is 0 Å². The molecule has 0 heterocycles. The average molecular weight is 206 g/mol. The Labute approximate surface area is 89.3 Å². The van der Waals surface area contributed by atoms with Crippen molar-refractivity contribution < 1.29 is 9.84 Å². The van der Waals surface area contributed by atoms with Gasteiger partial charge in [0, 0.05) is 0 Å². The van der Waals surface area contributed by atoms with Gasteiger partial charge < -0.3 is 9.84 Å². The van der Waals surface area contributed by atoms with Gasteiger partial charge in [0.25, 0.3) is 0 Å². The molecule has 1 aromatic carbocycles. The van der Waals surface area contributed by atoms with Crippen LogP contribution in [0.1, 0.15) is 11.6 Å². The van der Waals surface area contributed by atoms with E-state index in [-0.39, 0.29) is 11.8 Å². The highest BCUT2D eigenvalue weighted by molar-refractivity contribution is 5.43. The lowest BCUT2D eigenvalue weighted by atomic mass is 10.1. The Morgan fingerprint density at radius 2 is 2.13 bits per heavy atom. The number of hydrogen-bond acceptors (Lipinski definition) is 4. The smallest absolute Gasteiger partial charge is 0.160 e. The van der Waals surface area contributed by atoms with Gasteiger partial charge >= 0.3 is 0 Å². The minimum atomic E-state index is -0.359. The Bertz CT molecular complexity index is 383. The summed E-state index contributed by atoms with van der Waals surface area (Å²) in [5.74, 6) is 0.464. The van der Waals surface area contributed by atoms with Gasteiger partial charge in [-0.3, -0.25) is 4.90 Å². The first-order valence-electron chi connectivity index (χ1n) is 4.53. The molecular formula is C11H14N2O2. The highest BCUT2D eigenvalue weighted by Crippen LogP contribution is 2.29. The number of methoxy groups -OCH3 is 1. The van der Waals surface area contributed by atoms with Crippen molar-refractivity contribution in [1.29, 1.82) is 5.26 Å². The lowest BCUT2D eigenvalue weighted by Gasteiger charge is -2.17. The third-order valence-electron chi connectivity index (χ3n) is 2.16. The summed E-state index contributed by atoms with van der Waals surface area (Å²) < 4.78 is 4.93. The van der Waals surface area contributed by atoms with Crippen molar-refractivity contribution in [2.75, 3.05) is 21.2 Å². The molecule has 0 radical (unpaired) electrons. The maximum atomic E-state index is 9.56. The van der Waals surface area contributed by atoms with E-state index in [4.69, 9.17) is 10.00 Å². The van der Waals surface area contributed by atoms with Crippen LogP contribution in [0.2, 0.25) is 0 Å². The van der Waals surface area contributed by atoms with Crippen LogP contribution >= 0.6 is 0 Å². The summed E-state index contributed by atoms with van der Waals surface area (Å²) >= 11 is 0. The van der Waals surface area contributed by atoms with Gasteiger partial charge in [0.2, 0.25) is 0 Å². The summed E-state index contributed by atoms with van der Waals surface area (Å²) in [4.78, 5) is 1.78. The molecule has 0 spiro atoms. The highest BCUT2D eigenvalue weighted by atomic mass is 16.5. The molecule has 0 amide bonds. The molecule has 0 saturated carbocycles. The number of phenols is 1. The van der Waals surface area contributed by atoms with Crippen LogP contribution in [-0.4, -0.2) is 31.2 Å². The predicted octanol–water partition coefficient (Wildman–Crippen LogP) is 1.53. The van der Waals surface area contributed by atoms with E-state index in [9.17, 15) is 5.11 Å². The van der Waals surface area contributed by atoms with Crippen molar-refractivity contribution in [3.63, 3.8) is 0 Å². The number of ether oxygens (including phenoxy) is 1. The van der Waals surface area contributed by atoms with E-state index < -0.39 is 0 Å². The van der Waals surface area contributed by atoms with Crippen LogP contribution in [0.25, 0.3) is 0 Å². The number of rotatable bonds is 3. The van der Waals surface area contributed by atoms with E-state index >= 15 is 0 Å². The standard InChI is InChI=1S/C11H14N2O2/c1-13(2)9(7-12)8-4-5-11(15-3)10(14)6-8/h4-6,9,14H,1-3H3. The molecular weight excluding hydrogens is 192 g/mol. The van der Waals surface area contributed by atoms with E-state index in [2.05, 4.69) is 6.07 Å². The maximum Gasteiger partial charge on any atom is 0.160 e. The fourth-order valence-electron chi connectivity index (χ4n) is 1.37. The van der Waals surface area contributed by atoms with Crippen molar-refractivity contribution in [3.8, 4) is 17.6 Å². The van der Waals surface area contributed by atoms with E-state index in [1.807, 2.05) is 14.1 Å². The van der Waals surface area contributed by atoms with Crippen molar-refractivity contribution >= 4 is 0 Å². The first-order valence-corrected chi connectivity index (χ1v) is 4.53. The molecule has 1 unspecified atom stereocenters. The van der Waals surface area contributed by atoms with Crippen LogP contribution < -0.4 is 4.74 Å². The third kappa shape index (κ3) is 2.39. The number of nitrogens with zero attached hydrogens (tertiary/aromatic N) is 2. The third-order valence-corrected chi connectivity index (χ3v) is 2.16. The van der Waals surface area contributed by atoms with Gasteiger partial charge in [0.1, 0.15) is 6.04 Å². The lowest BCUT2D eigenvalue weighted by molar-refractivity contribution is 0.352. The van der Waals surface area contributed by atoms with E-state index in [0.717, 1.165) is 5.56 Å². The predicted molar refractivity (Wildman–Crippen MR) is 56.7 cm³/mol. The molecule has 0 fully saturated rings. The normalized spacial score (nSPS) is 12.2. The fraction of sp³-hybridized carbons (Fsp3) is 0.364. The molecule has 0 aliphatic rings. The molecule has 0 aliphatic heterocycles. The minimum Gasteiger partial charge on any atom is -0.504 e. The molecule has 1 N–H and O–H groups in total. The maximum absolute atomic E-state index is 9.56. The summed E-state index contributed by atoms with van der Waals surface area (Å²) in [5.41, 5.74) is 0.751. The van der Waals surface area contributed by atoms with E-state index in [0.29, 0.717) is 5.75 Å². The molecule has 1 aromatic rings. The number of hydrogen-bond donors (Lipinski definition) is 1. The van der Waals surface area contributed by atoms with Crippen LogP contribution in [0.15, 0.2) is 18.2 Å². The first kappa shape index (κ1) is 11.3. The molecule has 80 valence electrons. The topological polar surface area (TPSA) is 56.5 Å². The van der Waals surface area contributed by atoms with Gasteiger partial charge in [-0.2, -0.15) is 5.26 Å². The fourth-order valence-corrected chi connectivity index (χ4v) is 1.37. The highest BCUT2D eigenvalue weighted by Gasteiger charge is 2.14. The molecule has 0 bridgehead atoms. The number of benzene rings is 1. The van der Waals surface area contributed by atoms with Gasteiger partial charge in [0.05, 0.1) is 13.2 Å². The summed E-state index contributed by atoms with van der Waals surface area (Å²) in [5, 5.41) is 18.5. The minimum absolute atomic E-state index is 0.0529. The largest absolute Gasteiger partial charge is 0.504 e. The number of aromatic hydroxyl groups is 1. The van der Waals surface area contributed by atoms with E-state index in [1.54, 1.807) is 23.1 Å². The van der Waals surface area contributed by atoms with Crippen LogP contribution in [0.5, 0.6) is 11.5 Å². The molecule has 1 rings (SSSR count). The number of nitriles is 1. The second kappa shape index (κ2) is 4.67. The molecule has 15 heavy (non-hydrogen) atoms. The SMILES string of the molecule is COc1ccc(C(C#N)N(C)C)cc1O. The van der Waals surface area contributed by atoms with Crippen molar-refractivity contribution in [2.45, 2.75) is 6.04 Å². The zero-order chi connectivity index (χ0) is 11.4. The average Bonchev–Trinajstić information content (AvgIpc) is 2.18. The Morgan fingerprint density at radius 1 is 1.47 bits per heavy atom. The van der Waals surface area contributed by atoms with Gasteiger partial charge in [-0.1, -0.05) is 6.07 Å². The second-order valence-electron chi connectivity index (χ2n) is 3.43. The molecule has 4 nitrogen and oxygen atoms in total. The molecule has 0 saturated heterocycles. The molecule has 1 atom stereocenters. The van der Waals surface area contributed by atoms with Crippen LogP contribution in [-0.2, 0) is 0 Å². The Hall–Kier alpha value is -1.73. The molecule has 0 aromatic heterocycles. The number of phenolic OH excluding ortho intramolecular Hbond substituents is 1. The van der Waals surface area contributed by atoms with Gasteiger partial charge in [-0.05, 0) is 31.8 Å². The Morgan fingerprint density at radius 3 is 2.53 bits per heavy atom. The zero-order valence-electron chi connectivity index (χ0n) is 9.06. The van der Waals surface area contributed by atoms with Crippen LogP contribution in [0.3, 0.4) is 0 Å². The zero-order valence-corrected chi connectivity index (χ0v) is 9.06. The van der Waals surface area contributed by atoms with Crippen molar-refractivity contribution in [2.24, 2.45) is 0 Å². The summed E-state index contributed by atoms with van der Waals surface area (Å²) in [7, 11) is 5.12. The second-order valence-corrected chi connectivity index (χ2v) is 3.43. The van der Waals surface area contributed by atoms with Crippen LogP contribution in [0, 0.1) is 11.3 Å². The Balaban J connectivity index is 3.07. The van der Waals surface area contributed by atoms with Gasteiger partial charge in [0.15, 0.2) is 11.5 Å². The van der Waals surface area contributed by atoms with Gasteiger partial charge in [-0.15, -0.1) is 0 Å². The monoisotopic (exact) mass is 206 g/mol. The van der Waals surface area contributed by atoms with Crippen molar-refractivity contribution in [3.05, 3.63) is 23.8 Å². The van der Waals surface area contributed by atoms with E-state index in [1.165, 1.54) is 7.11 Å². The summed E-state index contributed by atoms with van der Waals surface area (Å²) in [6.45, 7) is 0. The summed E-state index contributed by atoms with van der Waals surface area (Å²) in [6.07, 6.45) is 0. The quantitative estimate of drug-likeness (QED) is 0.814. The Kier molecular flexibility index (Phi) is 3.53. The van der Waals surface area contributed by atoms with Crippen molar-refractivity contribution in [1.82, 2.24) is 4.90 Å². The van der Waals surface area contributed by atoms with Crippen LogP contribution in [0.4, 0.5) is 0 Å². The molecule has 4 heteroatoms. The molecule has 0 aliphatic carbocycles. The first-order chi connectivity index (χ1) is 7.10. The lowest BCUT2D eigenvalue weighted by Crippen LogP contribution is -2.18.